The van der Waals surface area contributed by atoms with Crippen molar-refractivity contribution >= 4 is 12.0 Å². The van der Waals surface area contributed by atoms with E-state index in [0.717, 1.165) is 0 Å². The van der Waals surface area contributed by atoms with Crippen LogP contribution in [0.5, 0.6) is 0 Å². The van der Waals surface area contributed by atoms with Crippen LogP contribution in [0.15, 0.2) is 24.3 Å². The monoisotopic (exact) mass is 284 g/mol. The molecule has 1 unspecified atom stereocenters. The van der Waals surface area contributed by atoms with Gasteiger partial charge >= 0.3 is 12.0 Å². The number of carboxylic acids is 1. The molecule has 2 amide bonds. The van der Waals surface area contributed by atoms with Gasteiger partial charge in [-0.2, -0.15) is 0 Å². The Morgan fingerprint density at radius 3 is 2.70 bits per heavy atom. The first-order chi connectivity index (χ1) is 9.40. The Labute approximate surface area is 115 Å². The number of carboxylic acid groups (broad SMARTS) is 1. The molecule has 0 aromatic heterocycles. The number of carbonyl (C=O) groups is 2. The SMILES string of the molecule is CC(NC(=O)NCC[C@H](O)C(=O)O)c1cccc(F)c1. The molecule has 0 fully saturated rings. The van der Waals surface area contributed by atoms with E-state index in [4.69, 9.17) is 10.2 Å². The minimum absolute atomic E-state index is 0.0230. The van der Waals surface area contributed by atoms with E-state index in [1.54, 1.807) is 19.1 Å². The van der Waals surface area contributed by atoms with Crippen LogP contribution in [-0.4, -0.2) is 34.9 Å². The highest BCUT2D eigenvalue weighted by atomic mass is 19.1. The molecule has 0 aliphatic rings. The van der Waals surface area contributed by atoms with E-state index in [1.807, 2.05) is 0 Å². The number of aliphatic carboxylic acids is 1. The van der Waals surface area contributed by atoms with E-state index in [-0.39, 0.29) is 18.8 Å². The summed E-state index contributed by atoms with van der Waals surface area (Å²) in [6.07, 6.45) is -1.59. The molecule has 1 rings (SSSR count). The predicted molar refractivity (Wildman–Crippen MR) is 69.6 cm³/mol. The van der Waals surface area contributed by atoms with Crippen molar-refractivity contribution in [3.05, 3.63) is 35.6 Å². The van der Waals surface area contributed by atoms with Crippen LogP contribution in [0.25, 0.3) is 0 Å². The molecule has 7 heteroatoms. The molecule has 2 atom stereocenters. The molecule has 20 heavy (non-hydrogen) atoms. The molecule has 0 saturated heterocycles. The second kappa shape index (κ2) is 7.44. The quantitative estimate of drug-likeness (QED) is 0.627. The zero-order valence-electron chi connectivity index (χ0n) is 11.0. The van der Waals surface area contributed by atoms with E-state index in [9.17, 15) is 14.0 Å². The first kappa shape index (κ1) is 15.9. The molecule has 0 bridgehead atoms. The van der Waals surface area contributed by atoms with Gasteiger partial charge in [0.2, 0.25) is 0 Å². The van der Waals surface area contributed by atoms with Crippen LogP contribution in [0.1, 0.15) is 24.9 Å². The van der Waals surface area contributed by atoms with Gasteiger partial charge in [0.05, 0.1) is 6.04 Å². The van der Waals surface area contributed by atoms with Gasteiger partial charge in [0.25, 0.3) is 0 Å². The predicted octanol–water partition coefficient (Wildman–Crippen LogP) is 1.02. The largest absolute Gasteiger partial charge is 0.479 e. The lowest BCUT2D eigenvalue weighted by Gasteiger charge is -2.15. The van der Waals surface area contributed by atoms with Gasteiger partial charge in [-0.25, -0.2) is 14.0 Å². The average molecular weight is 284 g/mol. The van der Waals surface area contributed by atoms with E-state index in [0.29, 0.717) is 5.56 Å². The third kappa shape index (κ3) is 5.23. The Kier molecular flexibility index (Phi) is 5.92. The number of aliphatic hydroxyl groups is 1. The fraction of sp³-hybridized carbons (Fsp3) is 0.385. The number of benzene rings is 1. The molecule has 6 nitrogen and oxygen atoms in total. The number of halogens is 1. The first-order valence-electron chi connectivity index (χ1n) is 6.11. The number of hydrogen-bond donors (Lipinski definition) is 4. The summed E-state index contributed by atoms with van der Waals surface area (Å²) in [4.78, 5) is 21.9. The normalized spacial score (nSPS) is 13.3. The van der Waals surface area contributed by atoms with Gasteiger partial charge in [-0.05, 0) is 24.6 Å². The second-order valence-corrected chi connectivity index (χ2v) is 4.32. The average Bonchev–Trinajstić information content (AvgIpc) is 2.38. The number of nitrogens with one attached hydrogen (secondary N) is 2. The highest BCUT2D eigenvalue weighted by Gasteiger charge is 2.14. The van der Waals surface area contributed by atoms with Crippen molar-refractivity contribution in [2.75, 3.05) is 6.54 Å². The van der Waals surface area contributed by atoms with E-state index < -0.39 is 24.1 Å². The maximum atomic E-state index is 13.0. The lowest BCUT2D eigenvalue weighted by atomic mass is 10.1. The summed E-state index contributed by atoms with van der Waals surface area (Å²) in [5.74, 6) is -1.72. The van der Waals surface area contributed by atoms with Crippen LogP contribution in [0.3, 0.4) is 0 Å². The van der Waals surface area contributed by atoms with Gasteiger partial charge in [-0.1, -0.05) is 12.1 Å². The Hall–Kier alpha value is -2.15. The Balaban J connectivity index is 2.37. The van der Waals surface area contributed by atoms with Gasteiger partial charge in [-0.3, -0.25) is 0 Å². The summed E-state index contributed by atoms with van der Waals surface area (Å²) in [6.45, 7) is 1.72. The molecule has 110 valence electrons. The minimum Gasteiger partial charge on any atom is -0.479 e. The van der Waals surface area contributed by atoms with E-state index in [2.05, 4.69) is 10.6 Å². The van der Waals surface area contributed by atoms with E-state index in [1.165, 1.54) is 12.1 Å². The lowest BCUT2D eigenvalue weighted by molar-refractivity contribution is -0.146. The number of carbonyl (C=O) groups excluding carboxylic acids is 1. The van der Waals surface area contributed by atoms with Crippen molar-refractivity contribution in [3.8, 4) is 0 Å². The topological polar surface area (TPSA) is 98.7 Å². The van der Waals surface area contributed by atoms with Crippen molar-refractivity contribution in [3.63, 3.8) is 0 Å². The molecule has 1 aromatic carbocycles. The fourth-order valence-electron chi connectivity index (χ4n) is 1.55. The number of urea groups is 1. The van der Waals surface area contributed by atoms with Crippen molar-refractivity contribution in [1.82, 2.24) is 10.6 Å². The van der Waals surface area contributed by atoms with Gasteiger partial charge in [0.1, 0.15) is 5.82 Å². The summed E-state index contributed by atoms with van der Waals surface area (Å²) in [5, 5.41) is 22.5. The second-order valence-electron chi connectivity index (χ2n) is 4.32. The smallest absolute Gasteiger partial charge is 0.332 e. The summed E-state index contributed by atoms with van der Waals surface area (Å²) in [7, 11) is 0. The van der Waals surface area contributed by atoms with Crippen molar-refractivity contribution in [2.24, 2.45) is 0 Å². The maximum Gasteiger partial charge on any atom is 0.332 e. The van der Waals surface area contributed by atoms with Gasteiger partial charge in [0.15, 0.2) is 6.10 Å². The number of hydrogen-bond acceptors (Lipinski definition) is 3. The molecule has 4 N–H and O–H groups in total. The van der Waals surface area contributed by atoms with Crippen molar-refractivity contribution in [2.45, 2.75) is 25.5 Å². The third-order valence-electron chi connectivity index (χ3n) is 2.68. The molecule has 0 aliphatic heterocycles. The minimum atomic E-state index is -1.50. The summed E-state index contributed by atoms with van der Waals surface area (Å²) in [5.41, 5.74) is 0.616. The highest BCUT2D eigenvalue weighted by molar-refractivity contribution is 5.75. The number of amides is 2. The fourth-order valence-corrected chi connectivity index (χ4v) is 1.55. The zero-order chi connectivity index (χ0) is 15.1. The van der Waals surface area contributed by atoms with Crippen LogP contribution < -0.4 is 10.6 Å². The third-order valence-corrected chi connectivity index (χ3v) is 2.68. The van der Waals surface area contributed by atoms with Gasteiger partial charge in [-0.15, -0.1) is 0 Å². The molecule has 0 heterocycles. The summed E-state index contributed by atoms with van der Waals surface area (Å²) < 4.78 is 13.0. The van der Waals surface area contributed by atoms with Crippen LogP contribution >= 0.6 is 0 Å². The van der Waals surface area contributed by atoms with Crippen molar-refractivity contribution < 1.29 is 24.2 Å². The van der Waals surface area contributed by atoms with Gasteiger partial charge in [0, 0.05) is 13.0 Å². The molecule has 0 spiro atoms. The Morgan fingerprint density at radius 2 is 2.10 bits per heavy atom. The summed E-state index contributed by atoms with van der Waals surface area (Å²) in [6, 6.07) is 4.95. The molecule has 0 aliphatic carbocycles. The number of aliphatic hydroxyl groups excluding tert-OH is 1. The van der Waals surface area contributed by atoms with Crippen LogP contribution in [-0.2, 0) is 4.79 Å². The van der Waals surface area contributed by atoms with Crippen molar-refractivity contribution in [1.29, 1.82) is 0 Å². The zero-order valence-corrected chi connectivity index (χ0v) is 11.0. The van der Waals surface area contributed by atoms with Crippen LogP contribution in [0.4, 0.5) is 9.18 Å². The Bertz CT molecular complexity index is 481. The van der Waals surface area contributed by atoms with Crippen LogP contribution in [0, 0.1) is 5.82 Å². The Morgan fingerprint density at radius 1 is 1.40 bits per heavy atom. The van der Waals surface area contributed by atoms with E-state index >= 15 is 0 Å². The highest BCUT2D eigenvalue weighted by Crippen LogP contribution is 2.12. The molecule has 0 saturated carbocycles. The standard InChI is InChI=1S/C13H17FN2O4/c1-8(9-3-2-4-10(14)7-9)16-13(20)15-6-5-11(17)12(18)19/h2-4,7-8,11,17H,5-6H2,1H3,(H,18,19)(H2,15,16,20)/t8?,11-/m0/s1. The number of rotatable bonds is 6. The maximum absolute atomic E-state index is 13.0. The lowest BCUT2D eigenvalue weighted by Crippen LogP contribution is -2.39. The van der Waals surface area contributed by atoms with Gasteiger partial charge < -0.3 is 20.8 Å². The van der Waals surface area contributed by atoms with Crippen LogP contribution in [0.2, 0.25) is 0 Å². The molecule has 0 radical (unpaired) electrons. The molecular formula is C13H17FN2O4. The molecule has 1 aromatic rings. The molecular weight excluding hydrogens is 267 g/mol. The summed E-state index contributed by atoms with van der Waals surface area (Å²) >= 11 is 0. The first-order valence-corrected chi connectivity index (χ1v) is 6.11.